The number of carbonyl (C=O) groups is 3. The minimum atomic E-state index is -0.559. The maximum Gasteiger partial charge on any atom is 0.240 e. The molecule has 3 amide bonds. The van der Waals surface area contributed by atoms with E-state index in [4.69, 9.17) is 0 Å². The summed E-state index contributed by atoms with van der Waals surface area (Å²) in [5.41, 5.74) is 3.92. The van der Waals surface area contributed by atoms with Crippen molar-refractivity contribution in [2.45, 2.75) is 25.5 Å². The molecule has 0 aliphatic carbocycles. The third-order valence-corrected chi connectivity index (χ3v) is 3.96. The number of thioether (sulfide) groups is 1. The molecule has 0 bridgehead atoms. The number of carbonyl (C=O) groups excluding carboxylic acids is 3. The Bertz CT molecular complexity index is 645. The lowest BCUT2D eigenvalue weighted by atomic mass is 10.2. The summed E-state index contributed by atoms with van der Waals surface area (Å²) >= 11 is 1.12. The first-order valence-electron chi connectivity index (χ1n) is 6.63. The number of nitrogens with zero attached hydrogens (tertiary/aromatic N) is 1. The maximum atomic E-state index is 12.0. The van der Waals surface area contributed by atoms with Crippen molar-refractivity contribution in [1.29, 1.82) is 0 Å². The lowest BCUT2D eigenvalue weighted by Crippen LogP contribution is -2.29. The van der Waals surface area contributed by atoms with Crippen LogP contribution in [0.2, 0.25) is 0 Å². The molecule has 0 aromatic heterocycles. The second-order valence-corrected chi connectivity index (χ2v) is 5.94. The van der Waals surface area contributed by atoms with Gasteiger partial charge in [0.2, 0.25) is 17.7 Å². The highest BCUT2D eigenvalue weighted by atomic mass is 32.2. The molecule has 0 radical (unpaired) electrons. The first-order valence-corrected chi connectivity index (χ1v) is 7.51. The van der Waals surface area contributed by atoms with Gasteiger partial charge in [0.15, 0.2) is 5.17 Å². The minimum absolute atomic E-state index is 0.0317. The maximum absolute atomic E-state index is 12.0. The number of rotatable bonds is 4. The third-order valence-electron chi connectivity index (χ3n) is 2.88. The molecule has 1 aromatic carbocycles. The van der Waals surface area contributed by atoms with Crippen molar-refractivity contribution >= 4 is 40.3 Å². The van der Waals surface area contributed by atoms with Crippen LogP contribution < -0.4 is 16.1 Å². The van der Waals surface area contributed by atoms with E-state index >= 15 is 0 Å². The molecule has 116 valence electrons. The molecule has 1 aliphatic heterocycles. The summed E-state index contributed by atoms with van der Waals surface area (Å²) in [7, 11) is 0. The van der Waals surface area contributed by atoms with Crippen molar-refractivity contribution in [3.63, 3.8) is 0 Å². The monoisotopic (exact) mass is 320 g/mol. The summed E-state index contributed by atoms with van der Waals surface area (Å²) in [6.45, 7) is 3.21. The Morgan fingerprint density at radius 3 is 2.77 bits per heavy atom. The first-order chi connectivity index (χ1) is 10.5. The summed E-state index contributed by atoms with van der Waals surface area (Å²) in [5.74, 6) is -0.875. The van der Waals surface area contributed by atoms with Crippen LogP contribution in [0.25, 0.3) is 0 Å². The molecule has 2 rings (SSSR count). The molecule has 1 aliphatic rings. The number of hydrogen-bond acceptors (Lipinski definition) is 5. The zero-order chi connectivity index (χ0) is 16.1. The van der Waals surface area contributed by atoms with Crippen LogP contribution in [0, 0.1) is 6.92 Å². The van der Waals surface area contributed by atoms with Gasteiger partial charge < -0.3 is 10.6 Å². The number of anilines is 1. The van der Waals surface area contributed by atoms with Gasteiger partial charge in [0.1, 0.15) is 5.25 Å². The van der Waals surface area contributed by atoms with Crippen molar-refractivity contribution in [3.05, 3.63) is 29.8 Å². The molecule has 1 atom stereocenters. The van der Waals surface area contributed by atoms with Gasteiger partial charge >= 0.3 is 0 Å². The Morgan fingerprint density at radius 2 is 2.09 bits per heavy atom. The van der Waals surface area contributed by atoms with Crippen molar-refractivity contribution in [1.82, 2.24) is 10.7 Å². The quantitative estimate of drug-likeness (QED) is 0.720. The second kappa shape index (κ2) is 7.08. The number of aryl methyl sites for hydroxylation is 1. The number of para-hydroxylation sites is 1. The van der Waals surface area contributed by atoms with E-state index in [-0.39, 0.29) is 29.3 Å². The van der Waals surface area contributed by atoms with Crippen LogP contribution in [-0.4, -0.2) is 28.1 Å². The van der Waals surface area contributed by atoms with Crippen LogP contribution in [0.15, 0.2) is 29.4 Å². The fourth-order valence-electron chi connectivity index (χ4n) is 1.80. The van der Waals surface area contributed by atoms with Gasteiger partial charge in [-0.15, -0.1) is 5.10 Å². The first kappa shape index (κ1) is 16.0. The molecule has 7 nitrogen and oxygen atoms in total. The van der Waals surface area contributed by atoms with Gasteiger partial charge in [-0.3, -0.25) is 14.4 Å². The van der Waals surface area contributed by atoms with Crippen LogP contribution in [0.3, 0.4) is 0 Å². The van der Waals surface area contributed by atoms with E-state index < -0.39 is 5.25 Å². The third kappa shape index (κ3) is 4.32. The fraction of sp³-hybridized carbons (Fsp3) is 0.286. The van der Waals surface area contributed by atoms with Crippen molar-refractivity contribution in [3.8, 4) is 0 Å². The highest BCUT2D eigenvalue weighted by Gasteiger charge is 2.32. The Labute approximate surface area is 131 Å². The molecule has 1 aromatic rings. The molecular formula is C14H16N4O3S. The van der Waals surface area contributed by atoms with E-state index in [0.717, 1.165) is 23.0 Å². The average molecular weight is 320 g/mol. The van der Waals surface area contributed by atoms with Crippen LogP contribution in [-0.2, 0) is 14.4 Å². The number of amidine groups is 1. The summed E-state index contributed by atoms with van der Waals surface area (Å²) < 4.78 is 0. The number of hydrazone groups is 1. The van der Waals surface area contributed by atoms with Gasteiger partial charge in [-0.05, 0) is 18.6 Å². The summed E-state index contributed by atoms with van der Waals surface area (Å²) in [6.07, 6.45) is 0.0317. The Balaban J connectivity index is 1.92. The Kier molecular flexibility index (Phi) is 5.16. The lowest BCUT2D eigenvalue weighted by Gasteiger charge is -2.09. The number of benzene rings is 1. The van der Waals surface area contributed by atoms with E-state index in [1.807, 2.05) is 25.1 Å². The van der Waals surface area contributed by atoms with Gasteiger partial charge in [0.25, 0.3) is 0 Å². The summed E-state index contributed by atoms with van der Waals surface area (Å²) in [4.78, 5) is 34.6. The topological polar surface area (TPSA) is 99.7 Å². The molecule has 1 saturated heterocycles. The van der Waals surface area contributed by atoms with E-state index in [0.29, 0.717) is 0 Å². The predicted molar refractivity (Wildman–Crippen MR) is 85.2 cm³/mol. The van der Waals surface area contributed by atoms with Crippen molar-refractivity contribution in [2.75, 3.05) is 5.32 Å². The Hall–Kier alpha value is -2.35. The van der Waals surface area contributed by atoms with Crippen LogP contribution >= 0.6 is 11.8 Å². The lowest BCUT2D eigenvalue weighted by molar-refractivity contribution is -0.122. The molecule has 1 fully saturated rings. The molecule has 1 heterocycles. The zero-order valence-electron chi connectivity index (χ0n) is 12.2. The van der Waals surface area contributed by atoms with Crippen LogP contribution in [0.1, 0.15) is 18.9 Å². The number of hydrogen-bond donors (Lipinski definition) is 3. The Morgan fingerprint density at radius 1 is 1.36 bits per heavy atom. The van der Waals surface area contributed by atoms with Gasteiger partial charge in [-0.1, -0.05) is 30.0 Å². The molecule has 8 heteroatoms. The highest BCUT2D eigenvalue weighted by molar-refractivity contribution is 8.15. The largest absolute Gasteiger partial charge is 0.326 e. The zero-order valence-corrected chi connectivity index (χ0v) is 13.0. The van der Waals surface area contributed by atoms with E-state index in [1.165, 1.54) is 6.92 Å². The van der Waals surface area contributed by atoms with Crippen molar-refractivity contribution < 1.29 is 14.4 Å². The van der Waals surface area contributed by atoms with Crippen LogP contribution in [0.4, 0.5) is 5.69 Å². The van der Waals surface area contributed by atoms with E-state index in [1.54, 1.807) is 6.07 Å². The van der Waals surface area contributed by atoms with E-state index in [2.05, 4.69) is 21.2 Å². The van der Waals surface area contributed by atoms with Crippen LogP contribution in [0.5, 0.6) is 0 Å². The normalized spacial score (nSPS) is 18.9. The SMILES string of the molecule is CC(=O)N/N=C1\NC(=O)[C@@H](CC(=O)Nc2ccccc2C)S1. The fourth-order valence-corrected chi connectivity index (χ4v) is 2.73. The van der Waals surface area contributed by atoms with Gasteiger partial charge in [-0.25, -0.2) is 5.43 Å². The molecule has 22 heavy (non-hydrogen) atoms. The summed E-state index contributed by atoms with van der Waals surface area (Å²) in [5, 5.41) is 8.77. The molecule has 0 spiro atoms. The summed E-state index contributed by atoms with van der Waals surface area (Å²) in [6, 6.07) is 7.41. The molecular weight excluding hydrogens is 304 g/mol. The highest BCUT2D eigenvalue weighted by Crippen LogP contribution is 2.23. The van der Waals surface area contributed by atoms with Gasteiger partial charge in [0.05, 0.1) is 0 Å². The van der Waals surface area contributed by atoms with Gasteiger partial charge in [-0.2, -0.15) is 0 Å². The minimum Gasteiger partial charge on any atom is -0.326 e. The average Bonchev–Trinajstić information content (AvgIpc) is 2.79. The molecule has 3 N–H and O–H groups in total. The number of amides is 3. The second-order valence-electron chi connectivity index (χ2n) is 4.75. The number of nitrogens with one attached hydrogen (secondary N) is 3. The standard InChI is InChI=1S/C14H16N4O3S/c1-8-5-3-4-6-10(8)15-12(20)7-11-13(21)16-14(22-11)18-17-9(2)19/h3-6,11H,7H2,1-2H3,(H,15,20)(H,17,19)(H,16,18,21)/t11-/m1/s1. The van der Waals surface area contributed by atoms with E-state index in [9.17, 15) is 14.4 Å². The van der Waals surface area contributed by atoms with Gasteiger partial charge in [0, 0.05) is 19.0 Å². The molecule has 0 unspecified atom stereocenters. The molecule has 0 saturated carbocycles. The van der Waals surface area contributed by atoms with Crippen molar-refractivity contribution in [2.24, 2.45) is 5.10 Å². The predicted octanol–water partition coefficient (Wildman–Crippen LogP) is 0.962. The smallest absolute Gasteiger partial charge is 0.240 e.